The maximum absolute atomic E-state index is 13.8. The summed E-state index contributed by atoms with van der Waals surface area (Å²) in [4.78, 5) is 27.7. The third-order valence-electron chi connectivity index (χ3n) is 8.18. The van der Waals surface area contributed by atoms with Gasteiger partial charge in [0.1, 0.15) is 42.0 Å². The number of ether oxygens (including phenoxy) is 8. The molecule has 0 bridgehead atoms. The third kappa shape index (κ3) is 7.90. The number of nitrogens with zero attached hydrogens (tertiary/aromatic N) is 1. The summed E-state index contributed by atoms with van der Waals surface area (Å²) in [5, 5.41) is 0. The minimum atomic E-state index is -0.840. The fourth-order valence-corrected chi connectivity index (χ4v) is 5.60. The summed E-state index contributed by atoms with van der Waals surface area (Å²) in [7, 11) is 3.12. The summed E-state index contributed by atoms with van der Waals surface area (Å²) in [6, 6.07) is 11.1. The maximum atomic E-state index is 13.8. The number of fused-ring (bicyclic) bond motifs is 2. The lowest BCUT2D eigenvalue weighted by Crippen LogP contribution is -2.36. The first kappa shape index (κ1) is 33.5. The molecule has 2 aromatic rings. The molecule has 0 unspecified atom stereocenters. The second-order valence-electron chi connectivity index (χ2n) is 12.0. The van der Waals surface area contributed by atoms with E-state index in [1.165, 1.54) is 12.0 Å². The van der Waals surface area contributed by atoms with Gasteiger partial charge in [-0.25, -0.2) is 9.59 Å². The minimum absolute atomic E-state index is 0.103. The first-order valence-electron chi connectivity index (χ1n) is 15.5. The summed E-state index contributed by atoms with van der Waals surface area (Å²) in [5.41, 5.74) is 2.26. The van der Waals surface area contributed by atoms with E-state index in [0.29, 0.717) is 30.8 Å². The van der Waals surface area contributed by atoms with Crippen molar-refractivity contribution in [1.29, 1.82) is 0 Å². The van der Waals surface area contributed by atoms with E-state index in [0.717, 1.165) is 11.3 Å². The van der Waals surface area contributed by atoms with Crippen LogP contribution in [0.3, 0.4) is 0 Å². The molecule has 1 amide bonds. The molecule has 2 aromatic carbocycles. The van der Waals surface area contributed by atoms with Crippen molar-refractivity contribution >= 4 is 23.8 Å². The zero-order valence-electron chi connectivity index (χ0n) is 27.2. The number of amides is 1. The van der Waals surface area contributed by atoms with Crippen molar-refractivity contribution in [2.75, 3.05) is 39.1 Å². The highest BCUT2D eigenvalue weighted by Crippen LogP contribution is 2.36. The maximum Gasteiger partial charge on any atom is 0.414 e. The number of methoxy groups -OCH3 is 2. The van der Waals surface area contributed by atoms with Crippen LogP contribution >= 0.6 is 0 Å². The predicted molar refractivity (Wildman–Crippen MR) is 170 cm³/mol. The van der Waals surface area contributed by atoms with Crippen LogP contribution in [0.1, 0.15) is 55.6 Å². The molecule has 46 heavy (non-hydrogen) atoms. The van der Waals surface area contributed by atoms with Crippen LogP contribution in [0.25, 0.3) is 6.08 Å². The van der Waals surface area contributed by atoms with Crippen molar-refractivity contribution in [3.8, 4) is 11.5 Å². The van der Waals surface area contributed by atoms with E-state index >= 15 is 0 Å². The van der Waals surface area contributed by atoms with E-state index in [1.54, 1.807) is 19.2 Å². The molecule has 5 atom stereocenters. The number of hydrogen-bond donors (Lipinski definition) is 0. The van der Waals surface area contributed by atoms with Crippen molar-refractivity contribution in [3.63, 3.8) is 0 Å². The molecule has 3 aliphatic rings. The Balaban J connectivity index is 1.51. The molecule has 2 fully saturated rings. The van der Waals surface area contributed by atoms with Crippen LogP contribution in [0.15, 0.2) is 54.6 Å². The molecule has 3 heterocycles. The number of benzene rings is 2. The van der Waals surface area contributed by atoms with Gasteiger partial charge in [-0.3, -0.25) is 4.90 Å². The molecule has 11 nitrogen and oxygen atoms in total. The Morgan fingerprint density at radius 1 is 1.02 bits per heavy atom. The van der Waals surface area contributed by atoms with Gasteiger partial charge >= 0.3 is 12.1 Å². The first-order valence-corrected chi connectivity index (χ1v) is 15.5. The van der Waals surface area contributed by atoms with E-state index < -0.39 is 36.2 Å². The van der Waals surface area contributed by atoms with Gasteiger partial charge in [0.25, 0.3) is 0 Å². The zero-order chi connectivity index (χ0) is 32.8. The van der Waals surface area contributed by atoms with Gasteiger partial charge in [0.2, 0.25) is 0 Å². The third-order valence-corrected chi connectivity index (χ3v) is 8.18. The molecule has 0 aromatic heterocycles. The highest BCUT2D eigenvalue weighted by molar-refractivity contribution is 5.99. The van der Waals surface area contributed by atoms with Gasteiger partial charge in [-0.15, -0.1) is 0 Å². The Bertz CT molecular complexity index is 1440. The normalized spacial score (nSPS) is 27.5. The Morgan fingerprint density at radius 2 is 1.80 bits per heavy atom. The van der Waals surface area contributed by atoms with Gasteiger partial charge in [0.15, 0.2) is 12.6 Å². The topological polar surface area (TPSA) is 111 Å². The second-order valence-corrected chi connectivity index (χ2v) is 12.0. The highest BCUT2D eigenvalue weighted by atomic mass is 16.8. The van der Waals surface area contributed by atoms with E-state index in [-0.39, 0.29) is 36.7 Å². The Morgan fingerprint density at radius 3 is 2.50 bits per heavy atom. The molecule has 0 radical (unpaired) electrons. The molecule has 11 heteroatoms. The van der Waals surface area contributed by atoms with E-state index in [9.17, 15) is 9.59 Å². The average Bonchev–Trinajstić information content (AvgIpc) is 3.60. The molecule has 0 aliphatic carbocycles. The Hall–Kier alpha value is -3.90. The van der Waals surface area contributed by atoms with Crippen LogP contribution in [0.5, 0.6) is 11.5 Å². The molecular weight excluding hydrogens is 594 g/mol. The minimum Gasteiger partial charge on any atom is -0.497 e. The lowest BCUT2D eigenvalue weighted by atomic mass is 9.98. The van der Waals surface area contributed by atoms with E-state index in [2.05, 4.69) is 0 Å². The van der Waals surface area contributed by atoms with Crippen LogP contribution < -0.4 is 14.4 Å². The molecule has 3 aliphatic heterocycles. The van der Waals surface area contributed by atoms with Crippen LogP contribution in [0.2, 0.25) is 0 Å². The molecule has 2 saturated heterocycles. The number of hydrogen-bond acceptors (Lipinski definition) is 10. The predicted octanol–water partition coefficient (Wildman–Crippen LogP) is 5.89. The van der Waals surface area contributed by atoms with Gasteiger partial charge in [0.05, 0.1) is 32.1 Å². The number of esters is 1. The van der Waals surface area contributed by atoms with E-state index in [1.807, 2.05) is 76.3 Å². The fraction of sp³-hybridized carbons (Fsp3) is 0.486. The summed E-state index contributed by atoms with van der Waals surface area (Å²) in [5.74, 6) is -0.566. The molecule has 0 saturated carbocycles. The molecular formula is C35H43NO10. The van der Waals surface area contributed by atoms with Gasteiger partial charge in [-0.2, -0.15) is 0 Å². The number of carbonyl (C=O) groups excluding carboxylic acids is 2. The SMILES string of the molecule is COCOc1cc(N2CCOC2=O)cc2c1C(=O)O[C@@H](C)[C@H](C)/C=C\[C@@H](OCc1ccc(OC)cc1)[C@H]1OC(C)(C)O[C@H]1C/C=C/2. The second kappa shape index (κ2) is 14.7. The number of cyclic esters (lactones) is 2. The Kier molecular flexibility index (Phi) is 10.7. The van der Waals surface area contributed by atoms with Crippen molar-refractivity contribution in [2.24, 2.45) is 5.92 Å². The summed E-state index contributed by atoms with van der Waals surface area (Å²) in [6.07, 6.45) is 5.94. The Labute approximate surface area is 269 Å². The van der Waals surface area contributed by atoms with Crippen molar-refractivity contribution in [2.45, 2.75) is 70.9 Å². The summed E-state index contributed by atoms with van der Waals surface area (Å²) in [6.45, 7) is 8.46. The summed E-state index contributed by atoms with van der Waals surface area (Å²) < 4.78 is 46.7. The van der Waals surface area contributed by atoms with Gasteiger partial charge in [-0.05, 0) is 56.5 Å². The molecule has 0 spiro atoms. The number of carbonyl (C=O) groups is 2. The van der Waals surface area contributed by atoms with Crippen LogP contribution in [-0.2, 0) is 35.0 Å². The molecule has 248 valence electrons. The number of anilines is 1. The largest absolute Gasteiger partial charge is 0.497 e. The van der Waals surface area contributed by atoms with Crippen molar-refractivity contribution in [1.82, 2.24) is 0 Å². The van der Waals surface area contributed by atoms with Crippen molar-refractivity contribution in [3.05, 3.63) is 71.3 Å². The molecule has 5 rings (SSSR count). The van der Waals surface area contributed by atoms with E-state index in [4.69, 9.17) is 37.9 Å². The number of rotatable bonds is 8. The van der Waals surface area contributed by atoms with Crippen LogP contribution in [-0.4, -0.2) is 76.4 Å². The average molecular weight is 638 g/mol. The lowest BCUT2D eigenvalue weighted by molar-refractivity contribution is -0.156. The lowest BCUT2D eigenvalue weighted by Gasteiger charge is -2.26. The highest BCUT2D eigenvalue weighted by Gasteiger charge is 2.44. The quantitative estimate of drug-likeness (QED) is 0.197. The monoisotopic (exact) mass is 637 g/mol. The van der Waals surface area contributed by atoms with Gasteiger partial charge in [0, 0.05) is 19.1 Å². The smallest absolute Gasteiger partial charge is 0.414 e. The summed E-state index contributed by atoms with van der Waals surface area (Å²) >= 11 is 0. The van der Waals surface area contributed by atoms with Gasteiger partial charge < -0.3 is 37.9 Å². The van der Waals surface area contributed by atoms with Crippen LogP contribution in [0.4, 0.5) is 10.5 Å². The molecule has 0 N–H and O–H groups in total. The van der Waals surface area contributed by atoms with Crippen molar-refractivity contribution < 1.29 is 47.5 Å². The van der Waals surface area contributed by atoms with Gasteiger partial charge in [-0.1, -0.05) is 43.4 Å². The zero-order valence-corrected chi connectivity index (χ0v) is 27.2. The standard InChI is InChI=1S/C35H43NO10/c1-22-10-15-28(42-20-24-11-13-27(40-6)14-12-24)32-29(45-35(3,4)46-32)9-7-8-25-18-26(36-16-17-41-34(36)38)19-30(43-21-39-5)31(25)33(37)44-23(22)2/h7-8,10-15,18-19,22-23,28-29,32H,9,16-17,20-21H2,1-6H3/b8-7+,15-10-/t22-,23+,28-,29+,32-/m1/s1. The first-order chi connectivity index (χ1) is 22.1. The van der Waals surface area contributed by atoms with Crippen LogP contribution in [0, 0.1) is 5.92 Å². The fourth-order valence-electron chi connectivity index (χ4n) is 5.60.